The topological polar surface area (TPSA) is 49.7 Å². The number of rotatable bonds is 1. The highest BCUT2D eigenvalue weighted by Crippen LogP contribution is 2.60. The normalized spacial score (nSPS) is 41.3. The molecule has 1 saturated heterocycles. The molecule has 1 aliphatic carbocycles. The molecule has 0 N–H and O–H groups in total. The van der Waals surface area contributed by atoms with Crippen LogP contribution in [0.25, 0.3) is 0 Å². The van der Waals surface area contributed by atoms with Crippen LogP contribution in [0.1, 0.15) is 33.6 Å². The molecule has 0 spiro atoms. The van der Waals surface area contributed by atoms with Crippen LogP contribution >= 0.6 is 0 Å². The lowest BCUT2D eigenvalue weighted by atomic mass is 9.70. The monoisotopic (exact) mass is 182 g/mol. The molecule has 1 amide bonds. The third-order valence-electron chi connectivity index (χ3n) is 4.24. The summed E-state index contributed by atoms with van der Waals surface area (Å²) in [5.74, 6) is -0.0937. The summed E-state index contributed by atoms with van der Waals surface area (Å²) < 4.78 is 0. The van der Waals surface area contributed by atoms with Gasteiger partial charge < -0.3 is 0 Å². The first-order valence-corrected chi connectivity index (χ1v) is 4.62. The van der Waals surface area contributed by atoms with Crippen molar-refractivity contribution in [1.29, 1.82) is 0 Å². The average molecular weight is 182 g/mol. The van der Waals surface area contributed by atoms with Crippen LogP contribution in [0.5, 0.6) is 0 Å². The van der Waals surface area contributed by atoms with Crippen molar-refractivity contribution in [2.75, 3.05) is 0 Å². The minimum atomic E-state index is -0.369. The van der Waals surface area contributed by atoms with E-state index in [0.29, 0.717) is 0 Å². The quantitative estimate of drug-likeness (QED) is 0.579. The Morgan fingerprint density at radius 1 is 1.46 bits per heavy atom. The molecule has 2 unspecified atom stereocenters. The number of carbonyl (C=O) groups excluding carboxylic acids is 1. The van der Waals surface area contributed by atoms with E-state index in [2.05, 4.69) is 5.29 Å². The zero-order valence-electron chi connectivity index (χ0n) is 8.20. The zero-order valence-corrected chi connectivity index (χ0v) is 8.20. The predicted octanol–water partition coefficient (Wildman–Crippen LogP) is 1.70. The van der Waals surface area contributed by atoms with Crippen molar-refractivity contribution in [2.45, 2.75) is 39.7 Å². The van der Waals surface area contributed by atoms with Gasteiger partial charge >= 0.3 is 0 Å². The fourth-order valence-electron chi connectivity index (χ4n) is 2.78. The molecular formula is C9H14N2O2. The molecule has 1 saturated carbocycles. The van der Waals surface area contributed by atoms with E-state index in [4.69, 9.17) is 0 Å². The lowest BCUT2D eigenvalue weighted by Crippen LogP contribution is -2.36. The van der Waals surface area contributed by atoms with Crippen LogP contribution in [0.2, 0.25) is 0 Å². The van der Waals surface area contributed by atoms with Crippen molar-refractivity contribution < 1.29 is 4.79 Å². The summed E-state index contributed by atoms with van der Waals surface area (Å²) in [6, 6.07) is 0.0162. The smallest absolute Gasteiger partial charge is 0.252 e. The van der Waals surface area contributed by atoms with E-state index in [-0.39, 0.29) is 22.8 Å². The Labute approximate surface area is 77.2 Å². The number of nitrogens with zero attached hydrogens (tertiary/aromatic N) is 2. The Morgan fingerprint density at radius 2 is 2.08 bits per heavy atom. The van der Waals surface area contributed by atoms with Gasteiger partial charge in [-0.1, -0.05) is 20.8 Å². The molecule has 72 valence electrons. The maximum atomic E-state index is 11.8. The van der Waals surface area contributed by atoms with Crippen LogP contribution in [-0.4, -0.2) is 17.0 Å². The molecule has 1 aliphatic heterocycles. The van der Waals surface area contributed by atoms with Gasteiger partial charge in [-0.2, -0.15) is 5.01 Å². The van der Waals surface area contributed by atoms with E-state index in [1.165, 1.54) is 0 Å². The van der Waals surface area contributed by atoms with E-state index in [1.54, 1.807) is 0 Å². The zero-order chi connectivity index (χ0) is 9.85. The molecule has 2 bridgehead atoms. The number of piperidine rings is 1. The van der Waals surface area contributed by atoms with Crippen molar-refractivity contribution >= 4 is 5.91 Å². The van der Waals surface area contributed by atoms with Crippen molar-refractivity contribution in [2.24, 2.45) is 16.1 Å². The first-order chi connectivity index (χ1) is 5.95. The highest BCUT2D eigenvalue weighted by Gasteiger charge is 2.66. The third-order valence-corrected chi connectivity index (χ3v) is 4.24. The van der Waals surface area contributed by atoms with Gasteiger partial charge in [0.15, 0.2) is 0 Å². The van der Waals surface area contributed by atoms with Gasteiger partial charge in [-0.3, -0.25) is 4.79 Å². The van der Waals surface area contributed by atoms with Gasteiger partial charge in [0.25, 0.3) is 5.91 Å². The third kappa shape index (κ3) is 0.700. The van der Waals surface area contributed by atoms with Gasteiger partial charge in [0, 0.05) is 5.41 Å². The van der Waals surface area contributed by atoms with Gasteiger partial charge in [0.05, 0.1) is 16.7 Å². The molecule has 4 heteroatoms. The summed E-state index contributed by atoms with van der Waals surface area (Å²) in [5.41, 5.74) is -0.483. The summed E-state index contributed by atoms with van der Waals surface area (Å²) in [7, 11) is 0. The standard InChI is InChI=1S/C9H14N2O2/c1-8(2)6-4-5-9(8,3)7(12)11(6)10-13/h6H,4-5H2,1-3H3. The number of fused-ring (bicyclic) bond motifs is 2. The molecule has 2 rings (SSSR count). The maximum Gasteiger partial charge on any atom is 0.252 e. The molecular weight excluding hydrogens is 168 g/mol. The highest BCUT2D eigenvalue weighted by molar-refractivity contribution is 5.87. The van der Waals surface area contributed by atoms with Gasteiger partial charge in [-0.25, -0.2) is 0 Å². The van der Waals surface area contributed by atoms with Gasteiger partial charge in [-0.05, 0) is 12.8 Å². The first kappa shape index (κ1) is 8.66. The minimum absolute atomic E-state index is 0.0162. The van der Waals surface area contributed by atoms with Crippen LogP contribution in [0, 0.1) is 15.7 Å². The largest absolute Gasteiger partial charge is 0.272 e. The highest BCUT2D eigenvalue weighted by atomic mass is 16.3. The summed E-state index contributed by atoms with van der Waals surface area (Å²) in [6.07, 6.45) is 1.79. The maximum absolute atomic E-state index is 11.8. The summed E-state index contributed by atoms with van der Waals surface area (Å²) in [4.78, 5) is 22.3. The van der Waals surface area contributed by atoms with Crippen molar-refractivity contribution in [3.05, 3.63) is 4.91 Å². The molecule has 1 heterocycles. The van der Waals surface area contributed by atoms with Gasteiger partial charge in [0.2, 0.25) is 0 Å². The number of hydrogen-bond donors (Lipinski definition) is 0. The molecule has 0 aromatic heterocycles. The molecule has 0 aromatic rings. The van der Waals surface area contributed by atoms with E-state index >= 15 is 0 Å². The van der Waals surface area contributed by atoms with Crippen LogP contribution in [0.3, 0.4) is 0 Å². The number of amides is 1. The number of hydrogen-bond acceptors (Lipinski definition) is 3. The SMILES string of the molecule is CC12CCC(N(N=O)C1=O)C2(C)C. The Kier molecular flexibility index (Phi) is 1.40. The molecule has 2 fully saturated rings. The molecule has 4 nitrogen and oxygen atoms in total. The second kappa shape index (κ2) is 2.11. The van der Waals surface area contributed by atoms with E-state index in [0.717, 1.165) is 17.9 Å². The Morgan fingerprint density at radius 3 is 2.38 bits per heavy atom. The molecule has 0 aromatic carbocycles. The van der Waals surface area contributed by atoms with Crippen LogP contribution in [-0.2, 0) is 4.79 Å². The summed E-state index contributed by atoms with van der Waals surface area (Å²) in [5, 5.41) is 3.97. The van der Waals surface area contributed by atoms with E-state index in [1.807, 2.05) is 20.8 Å². The Balaban J connectivity index is 2.50. The second-order valence-electron chi connectivity index (χ2n) is 4.84. The van der Waals surface area contributed by atoms with Crippen LogP contribution in [0.15, 0.2) is 5.29 Å². The van der Waals surface area contributed by atoms with Crippen molar-refractivity contribution in [3.8, 4) is 0 Å². The lowest BCUT2D eigenvalue weighted by Gasteiger charge is -2.29. The summed E-state index contributed by atoms with van der Waals surface area (Å²) in [6.45, 7) is 6.04. The Hall–Kier alpha value is -0.930. The average Bonchev–Trinajstić information content (AvgIpc) is 2.36. The van der Waals surface area contributed by atoms with Crippen LogP contribution < -0.4 is 0 Å². The molecule has 13 heavy (non-hydrogen) atoms. The fraction of sp³-hybridized carbons (Fsp3) is 0.889. The molecule has 0 radical (unpaired) electrons. The van der Waals surface area contributed by atoms with E-state index in [9.17, 15) is 9.70 Å². The van der Waals surface area contributed by atoms with Crippen LogP contribution in [0.4, 0.5) is 0 Å². The van der Waals surface area contributed by atoms with Gasteiger partial charge in [0.1, 0.15) is 0 Å². The first-order valence-electron chi connectivity index (χ1n) is 4.62. The van der Waals surface area contributed by atoms with E-state index < -0.39 is 0 Å². The summed E-state index contributed by atoms with van der Waals surface area (Å²) >= 11 is 0. The van der Waals surface area contributed by atoms with Crippen molar-refractivity contribution in [3.63, 3.8) is 0 Å². The predicted molar refractivity (Wildman–Crippen MR) is 47.6 cm³/mol. The minimum Gasteiger partial charge on any atom is -0.272 e. The van der Waals surface area contributed by atoms with Gasteiger partial charge in [-0.15, -0.1) is 4.91 Å². The Bertz CT molecular complexity index is 287. The molecule has 2 aliphatic rings. The second-order valence-corrected chi connectivity index (χ2v) is 4.84. The number of nitroso groups, excluding NO2 is 1. The fourth-order valence-corrected chi connectivity index (χ4v) is 2.78. The lowest BCUT2D eigenvalue weighted by molar-refractivity contribution is -0.139. The molecule has 2 atom stereocenters. The van der Waals surface area contributed by atoms with Crippen molar-refractivity contribution in [1.82, 2.24) is 5.01 Å². The number of carbonyl (C=O) groups is 1.